The first kappa shape index (κ1) is 11.7. The Morgan fingerprint density at radius 1 is 1.00 bits per heavy atom. The highest BCUT2D eigenvalue weighted by molar-refractivity contribution is 5.31. The maximum atomic E-state index is 10.8. The van der Waals surface area contributed by atoms with Gasteiger partial charge in [-0.05, 0) is 49.1 Å². The second-order valence-corrected chi connectivity index (χ2v) is 6.01. The second-order valence-electron chi connectivity index (χ2n) is 6.01. The summed E-state index contributed by atoms with van der Waals surface area (Å²) in [5, 5.41) is 10.8. The summed E-state index contributed by atoms with van der Waals surface area (Å²) in [7, 11) is 0. The van der Waals surface area contributed by atoms with E-state index in [-0.39, 0.29) is 0 Å². The van der Waals surface area contributed by atoms with E-state index < -0.39 is 5.60 Å². The molecule has 2 rings (SSSR count). The van der Waals surface area contributed by atoms with Crippen molar-refractivity contribution in [3.63, 3.8) is 0 Å². The van der Waals surface area contributed by atoms with Crippen molar-refractivity contribution in [2.24, 2.45) is 5.41 Å². The van der Waals surface area contributed by atoms with Gasteiger partial charge >= 0.3 is 0 Å². The van der Waals surface area contributed by atoms with Gasteiger partial charge in [-0.1, -0.05) is 38.1 Å². The standard InChI is InChI=1S/C15H22O/c1-12-6-4-5-7-13(12)15(16)10-8-14(2,3)9-11-15/h4-7,16H,8-11H2,1-3H3. The van der Waals surface area contributed by atoms with Crippen LogP contribution in [0.15, 0.2) is 24.3 Å². The number of aliphatic hydroxyl groups is 1. The SMILES string of the molecule is Cc1ccccc1C1(O)CCC(C)(C)CC1. The smallest absolute Gasteiger partial charge is 0.0899 e. The summed E-state index contributed by atoms with van der Waals surface area (Å²) in [6.45, 7) is 6.68. The summed E-state index contributed by atoms with van der Waals surface area (Å²) < 4.78 is 0. The van der Waals surface area contributed by atoms with E-state index in [0.29, 0.717) is 5.41 Å². The fraction of sp³-hybridized carbons (Fsp3) is 0.600. The molecule has 0 unspecified atom stereocenters. The molecule has 0 heterocycles. The van der Waals surface area contributed by atoms with E-state index in [0.717, 1.165) is 31.2 Å². The van der Waals surface area contributed by atoms with Crippen molar-refractivity contribution in [2.45, 2.75) is 52.1 Å². The maximum absolute atomic E-state index is 10.8. The van der Waals surface area contributed by atoms with Crippen LogP contribution in [-0.4, -0.2) is 5.11 Å². The number of hydrogen-bond acceptors (Lipinski definition) is 1. The monoisotopic (exact) mass is 218 g/mol. The number of hydrogen-bond donors (Lipinski definition) is 1. The molecule has 1 N–H and O–H groups in total. The highest BCUT2D eigenvalue weighted by Crippen LogP contribution is 2.45. The molecule has 0 bridgehead atoms. The van der Waals surface area contributed by atoms with Crippen LogP contribution in [0, 0.1) is 12.3 Å². The van der Waals surface area contributed by atoms with Crippen molar-refractivity contribution in [3.8, 4) is 0 Å². The Balaban J connectivity index is 2.25. The van der Waals surface area contributed by atoms with Crippen LogP contribution in [0.1, 0.15) is 50.7 Å². The number of aryl methyl sites for hydroxylation is 1. The molecule has 0 aromatic heterocycles. The third-order valence-electron chi connectivity index (χ3n) is 4.08. The molecule has 1 saturated carbocycles. The van der Waals surface area contributed by atoms with Gasteiger partial charge in [-0.15, -0.1) is 0 Å². The summed E-state index contributed by atoms with van der Waals surface area (Å²) in [5.74, 6) is 0. The fourth-order valence-corrected chi connectivity index (χ4v) is 2.70. The largest absolute Gasteiger partial charge is 0.385 e. The van der Waals surface area contributed by atoms with E-state index in [2.05, 4.69) is 32.9 Å². The Morgan fingerprint density at radius 3 is 2.12 bits per heavy atom. The first-order valence-corrected chi connectivity index (χ1v) is 6.22. The van der Waals surface area contributed by atoms with Gasteiger partial charge in [-0.25, -0.2) is 0 Å². The van der Waals surface area contributed by atoms with E-state index in [4.69, 9.17) is 0 Å². The lowest BCUT2D eigenvalue weighted by Gasteiger charge is -2.41. The zero-order chi connectivity index (χ0) is 11.8. The van der Waals surface area contributed by atoms with Crippen molar-refractivity contribution in [1.82, 2.24) is 0 Å². The molecule has 0 saturated heterocycles. The van der Waals surface area contributed by atoms with Crippen molar-refractivity contribution < 1.29 is 5.11 Å². The van der Waals surface area contributed by atoms with Gasteiger partial charge in [0.2, 0.25) is 0 Å². The summed E-state index contributed by atoms with van der Waals surface area (Å²) in [4.78, 5) is 0. The zero-order valence-electron chi connectivity index (χ0n) is 10.6. The highest BCUT2D eigenvalue weighted by Gasteiger charge is 2.38. The van der Waals surface area contributed by atoms with Gasteiger partial charge in [0, 0.05) is 0 Å². The van der Waals surface area contributed by atoms with Gasteiger partial charge in [0.15, 0.2) is 0 Å². The van der Waals surface area contributed by atoms with Crippen molar-refractivity contribution >= 4 is 0 Å². The Bertz CT molecular complexity index is 369. The molecule has 88 valence electrons. The minimum Gasteiger partial charge on any atom is -0.385 e. The minimum atomic E-state index is -0.582. The van der Waals surface area contributed by atoms with E-state index in [1.807, 2.05) is 12.1 Å². The van der Waals surface area contributed by atoms with Crippen molar-refractivity contribution in [3.05, 3.63) is 35.4 Å². The van der Waals surface area contributed by atoms with Crippen LogP contribution in [0.25, 0.3) is 0 Å². The minimum absolute atomic E-state index is 0.398. The quantitative estimate of drug-likeness (QED) is 0.760. The third kappa shape index (κ3) is 2.15. The van der Waals surface area contributed by atoms with Gasteiger partial charge in [-0.2, -0.15) is 0 Å². The summed E-state index contributed by atoms with van der Waals surface area (Å²) >= 11 is 0. The predicted octanol–water partition coefficient (Wildman–Crippen LogP) is 3.78. The molecule has 1 heteroatoms. The first-order chi connectivity index (χ1) is 7.43. The normalized spacial score (nSPS) is 23.0. The van der Waals surface area contributed by atoms with Crippen LogP contribution >= 0.6 is 0 Å². The predicted molar refractivity (Wildman–Crippen MR) is 67.3 cm³/mol. The number of rotatable bonds is 1. The van der Waals surface area contributed by atoms with E-state index in [1.165, 1.54) is 5.56 Å². The average molecular weight is 218 g/mol. The third-order valence-corrected chi connectivity index (χ3v) is 4.08. The molecular formula is C15H22O. The lowest BCUT2D eigenvalue weighted by Crippen LogP contribution is -2.35. The van der Waals surface area contributed by atoms with Gasteiger partial charge in [0.05, 0.1) is 5.60 Å². The van der Waals surface area contributed by atoms with Crippen LogP contribution in [-0.2, 0) is 5.60 Å². The van der Waals surface area contributed by atoms with Crippen LogP contribution in [0.3, 0.4) is 0 Å². The lowest BCUT2D eigenvalue weighted by molar-refractivity contribution is -0.0310. The number of benzene rings is 1. The average Bonchev–Trinajstić information content (AvgIpc) is 2.24. The van der Waals surface area contributed by atoms with Crippen LogP contribution in [0.4, 0.5) is 0 Å². The van der Waals surface area contributed by atoms with Gasteiger partial charge in [0.25, 0.3) is 0 Å². The second kappa shape index (κ2) is 3.89. The Kier molecular flexibility index (Phi) is 2.83. The molecule has 1 aliphatic carbocycles. The first-order valence-electron chi connectivity index (χ1n) is 6.22. The molecule has 16 heavy (non-hydrogen) atoms. The molecule has 1 aliphatic rings. The van der Waals surface area contributed by atoms with Gasteiger partial charge in [-0.3, -0.25) is 0 Å². The fourth-order valence-electron chi connectivity index (χ4n) is 2.70. The van der Waals surface area contributed by atoms with Crippen molar-refractivity contribution in [2.75, 3.05) is 0 Å². The molecule has 0 atom stereocenters. The summed E-state index contributed by atoms with van der Waals surface area (Å²) in [6, 6.07) is 8.23. The maximum Gasteiger partial charge on any atom is 0.0899 e. The molecule has 1 nitrogen and oxygen atoms in total. The van der Waals surface area contributed by atoms with Crippen LogP contribution < -0.4 is 0 Å². The van der Waals surface area contributed by atoms with Gasteiger partial charge in [0.1, 0.15) is 0 Å². The van der Waals surface area contributed by atoms with E-state index >= 15 is 0 Å². The molecule has 0 radical (unpaired) electrons. The molecular weight excluding hydrogens is 196 g/mol. The van der Waals surface area contributed by atoms with Crippen LogP contribution in [0.2, 0.25) is 0 Å². The topological polar surface area (TPSA) is 20.2 Å². The van der Waals surface area contributed by atoms with Crippen molar-refractivity contribution in [1.29, 1.82) is 0 Å². The molecule has 1 aromatic rings. The summed E-state index contributed by atoms with van der Waals surface area (Å²) in [6.07, 6.45) is 4.01. The van der Waals surface area contributed by atoms with Gasteiger partial charge < -0.3 is 5.11 Å². The molecule has 0 amide bonds. The molecule has 0 spiro atoms. The van der Waals surface area contributed by atoms with E-state index in [1.54, 1.807) is 0 Å². The lowest BCUT2D eigenvalue weighted by atomic mass is 9.68. The molecule has 1 aromatic carbocycles. The van der Waals surface area contributed by atoms with Crippen LogP contribution in [0.5, 0.6) is 0 Å². The Labute approximate surface area is 98.5 Å². The molecule has 1 fully saturated rings. The Hall–Kier alpha value is -0.820. The highest BCUT2D eigenvalue weighted by atomic mass is 16.3. The summed E-state index contributed by atoms with van der Waals surface area (Å²) in [5.41, 5.74) is 2.16. The zero-order valence-corrected chi connectivity index (χ0v) is 10.6. The van der Waals surface area contributed by atoms with E-state index in [9.17, 15) is 5.11 Å². The molecule has 0 aliphatic heterocycles. The Morgan fingerprint density at radius 2 is 1.56 bits per heavy atom.